The van der Waals surface area contributed by atoms with Gasteiger partial charge in [0.25, 0.3) is 0 Å². The first-order valence-electron chi connectivity index (χ1n) is 12.6. The normalized spacial score (nSPS) is 26.6. The largest absolute Gasteiger partial charge is 0.466 e. The third-order valence-corrected chi connectivity index (χ3v) is 8.39. The molecule has 38 heavy (non-hydrogen) atoms. The van der Waals surface area contributed by atoms with Crippen LogP contribution in [-0.2, 0) is 16.1 Å². The van der Waals surface area contributed by atoms with Crippen LogP contribution in [-0.4, -0.2) is 97.5 Å². The van der Waals surface area contributed by atoms with Crippen LogP contribution in [0.1, 0.15) is 18.9 Å². The van der Waals surface area contributed by atoms with Crippen LogP contribution in [0.25, 0.3) is 0 Å². The molecule has 0 aliphatic carbocycles. The number of fused-ring (bicyclic) bond motifs is 1. The smallest absolute Gasteiger partial charge is 0.398 e. The molecule has 3 atom stereocenters. The van der Waals surface area contributed by atoms with Gasteiger partial charge in [-0.1, -0.05) is 18.2 Å². The van der Waals surface area contributed by atoms with Crippen molar-refractivity contribution in [2.75, 3.05) is 57.3 Å². The van der Waals surface area contributed by atoms with E-state index in [0.717, 1.165) is 48.8 Å². The average molecular weight is 549 g/mol. The predicted molar refractivity (Wildman–Crippen MR) is 124 cm³/mol. The second kappa shape index (κ2) is 9.49. The van der Waals surface area contributed by atoms with E-state index in [1.165, 1.54) is 0 Å². The topological polar surface area (TPSA) is 56.3 Å². The van der Waals surface area contributed by atoms with Crippen LogP contribution in [0.2, 0.25) is 0 Å². The van der Waals surface area contributed by atoms with Gasteiger partial charge in [-0.05, 0) is 29.9 Å². The number of halogens is 6. The minimum atomic E-state index is -6.04. The molecule has 3 unspecified atom stereocenters. The fourth-order valence-electron chi connectivity index (χ4n) is 6.37. The Morgan fingerprint density at radius 3 is 2.21 bits per heavy atom. The molecule has 0 aromatic heterocycles. The van der Waals surface area contributed by atoms with Crippen molar-refractivity contribution < 1.29 is 40.7 Å². The Labute approximate surface area is 216 Å². The van der Waals surface area contributed by atoms with Gasteiger partial charge < -0.3 is 19.4 Å². The van der Waals surface area contributed by atoms with Gasteiger partial charge in [0, 0.05) is 76.9 Å². The highest BCUT2D eigenvalue weighted by molar-refractivity contribution is 5.74. The lowest BCUT2D eigenvalue weighted by atomic mass is 9.79. The fraction of sp³-hybridized carbons (Fsp3) is 0.680. The Morgan fingerprint density at radius 2 is 1.63 bits per heavy atom. The van der Waals surface area contributed by atoms with Gasteiger partial charge in [0.2, 0.25) is 5.91 Å². The maximum absolute atomic E-state index is 13.8. The third kappa shape index (κ3) is 4.77. The summed E-state index contributed by atoms with van der Waals surface area (Å²) in [4.78, 5) is 31.1. The standard InChI is InChI=1S/C25H30F6N4O3/c1-16(36)35-14-23(15-35)6-7-33(13-23)20-5-3-2-4-17(20)8-32-9-18-11-34(12-19(18)10-32)22(37)38-24(28,21(26)27)25(29,30)31/h2-5,18-19,21H,6-15H2,1H3. The Kier molecular flexibility index (Phi) is 6.72. The number of alkyl halides is 6. The van der Waals surface area contributed by atoms with Crippen LogP contribution in [0.4, 0.5) is 36.8 Å². The summed E-state index contributed by atoms with van der Waals surface area (Å²) in [6.07, 6.45) is -11.3. The van der Waals surface area contributed by atoms with E-state index >= 15 is 0 Å². The Hall–Kier alpha value is -2.70. The van der Waals surface area contributed by atoms with E-state index in [2.05, 4.69) is 26.7 Å². The number of likely N-dealkylation sites (tertiary alicyclic amines) is 3. The third-order valence-electron chi connectivity index (χ3n) is 8.39. The SMILES string of the molecule is CC(=O)N1CC2(CCN(c3ccccc3CN3CC4CN(C(=O)OC(F)(C(F)F)C(F)(F)F)CC4C3)C2)C1. The number of hydrogen-bond acceptors (Lipinski definition) is 5. The van der Waals surface area contributed by atoms with Crippen molar-refractivity contribution in [3.63, 3.8) is 0 Å². The maximum atomic E-state index is 13.8. The summed E-state index contributed by atoms with van der Waals surface area (Å²) in [6, 6.07) is 8.09. The summed E-state index contributed by atoms with van der Waals surface area (Å²) < 4.78 is 81.3. The second-order valence-corrected chi connectivity index (χ2v) is 11.1. The highest BCUT2D eigenvalue weighted by Gasteiger charge is 2.67. The van der Waals surface area contributed by atoms with E-state index in [1.54, 1.807) is 6.92 Å². The molecule has 4 saturated heterocycles. The summed E-state index contributed by atoms with van der Waals surface area (Å²) >= 11 is 0. The molecule has 4 aliphatic heterocycles. The number of carbonyl (C=O) groups excluding carboxylic acids is 2. The minimum Gasteiger partial charge on any atom is -0.398 e. The van der Waals surface area contributed by atoms with Crippen LogP contribution < -0.4 is 4.90 Å². The number of benzene rings is 1. The quantitative estimate of drug-likeness (QED) is 0.525. The zero-order valence-electron chi connectivity index (χ0n) is 20.9. The van der Waals surface area contributed by atoms with Crippen LogP contribution in [0.3, 0.4) is 0 Å². The van der Waals surface area contributed by atoms with E-state index in [-0.39, 0.29) is 36.2 Å². The van der Waals surface area contributed by atoms with Crippen LogP contribution in [0.5, 0.6) is 0 Å². The zero-order chi connectivity index (χ0) is 27.5. The van der Waals surface area contributed by atoms with Gasteiger partial charge in [-0.2, -0.15) is 17.6 Å². The Morgan fingerprint density at radius 1 is 1.00 bits per heavy atom. The molecule has 0 bridgehead atoms. The van der Waals surface area contributed by atoms with E-state index < -0.39 is 24.5 Å². The lowest BCUT2D eigenvalue weighted by Crippen LogP contribution is -2.59. The van der Waals surface area contributed by atoms with Crippen molar-refractivity contribution >= 4 is 17.7 Å². The van der Waals surface area contributed by atoms with Crippen molar-refractivity contribution in [2.24, 2.45) is 17.3 Å². The zero-order valence-corrected chi connectivity index (χ0v) is 20.9. The molecule has 13 heteroatoms. The molecule has 0 saturated carbocycles. The molecule has 1 spiro atoms. The number of para-hydroxylation sites is 1. The molecule has 4 heterocycles. The van der Waals surface area contributed by atoms with Crippen molar-refractivity contribution in [1.29, 1.82) is 0 Å². The number of amides is 2. The summed E-state index contributed by atoms with van der Waals surface area (Å²) in [7, 11) is 0. The number of anilines is 1. The molecule has 2 amide bonds. The van der Waals surface area contributed by atoms with Crippen molar-refractivity contribution in [3.8, 4) is 0 Å². The lowest BCUT2D eigenvalue weighted by molar-refractivity contribution is -0.351. The predicted octanol–water partition coefficient (Wildman–Crippen LogP) is 3.74. The number of nitrogens with zero attached hydrogens (tertiary/aromatic N) is 4. The van der Waals surface area contributed by atoms with Gasteiger partial charge in [-0.15, -0.1) is 0 Å². The number of ether oxygens (including phenoxy) is 1. The average Bonchev–Trinajstić information content (AvgIpc) is 3.51. The second-order valence-electron chi connectivity index (χ2n) is 11.1. The molecular weight excluding hydrogens is 518 g/mol. The van der Waals surface area contributed by atoms with Gasteiger partial charge >= 0.3 is 24.5 Å². The van der Waals surface area contributed by atoms with E-state index in [4.69, 9.17) is 0 Å². The molecule has 4 aliphatic rings. The highest BCUT2D eigenvalue weighted by atomic mass is 19.4. The van der Waals surface area contributed by atoms with Crippen LogP contribution in [0, 0.1) is 17.3 Å². The molecule has 0 N–H and O–H groups in total. The first-order valence-corrected chi connectivity index (χ1v) is 12.6. The van der Waals surface area contributed by atoms with Gasteiger partial charge in [-0.25, -0.2) is 13.6 Å². The number of carbonyl (C=O) groups is 2. The van der Waals surface area contributed by atoms with Gasteiger partial charge in [0.05, 0.1) is 0 Å². The summed E-state index contributed by atoms with van der Waals surface area (Å²) in [5.74, 6) is -5.40. The molecule has 7 nitrogen and oxygen atoms in total. The van der Waals surface area contributed by atoms with Crippen LogP contribution >= 0.6 is 0 Å². The van der Waals surface area contributed by atoms with Crippen molar-refractivity contribution in [3.05, 3.63) is 29.8 Å². The van der Waals surface area contributed by atoms with Crippen LogP contribution in [0.15, 0.2) is 24.3 Å². The summed E-state index contributed by atoms with van der Waals surface area (Å²) in [5.41, 5.74) is 2.40. The summed E-state index contributed by atoms with van der Waals surface area (Å²) in [5, 5.41) is 0. The fourth-order valence-corrected chi connectivity index (χ4v) is 6.37. The number of hydrogen-bond donors (Lipinski definition) is 0. The molecule has 1 aromatic carbocycles. The molecule has 210 valence electrons. The Balaban J connectivity index is 1.17. The monoisotopic (exact) mass is 548 g/mol. The number of rotatable bonds is 5. The van der Waals surface area contributed by atoms with E-state index in [9.17, 15) is 35.9 Å². The molecular formula is C25H30F6N4O3. The van der Waals surface area contributed by atoms with Crippen molar-refractivity contribution in [2.45, 2.75) is 38.3 Å². The Bertz CT molecular complexity index is 1070. The molecule has 4 fully saturated rings. The minimum absolute atomic E-state index is 0.0140. The molecule has 0 radical (unpaired) electrons. The van der Waals surface area contributed by atoms with E-state index in [1.807, 2.05) is 17.0 Å². The van der Waals surface area contributed by atoms with Gasteiger partial charge in [-0.3, -0.25) is 9.69 Å². The highest BCUT2D eigenvalue weighted by Crippen LogP contribution is 2.43. The summed E-state index contributed by atoms with van der Waals surface area (Å²) in [6.45, 7) is 6.72. The van der Waals surface area contributed by atoms with Gasteiger partial charge in [0.1, 0.15) is 0 Å². The first-order chi connectivity index (χ1) is 17.8. The molecule has 1 aromatic rings. The lowest BCUT2D eigenvalue weighted by Gasteiger charge is -2.47. The molecule has 5 rings (SSSR count). The maximum Gasteiger partial charge on any atom is 0.466 e. The first kappa shape index (κ1) is 26.9. The van der Waals surface area contributed by atoms with Gasteiger partial charge in [0.15, 0.2) is 0 Å². The van der Waals surface area contributed by atoms with Crippen molar-refractivity contribution in [1.82, 2.24) is 14.7 Å². The van der Waals surface area contributed by atoms with E-state index in [0.29, 0.717) is 19.6 Å².